The second-order valence-corrected chi connectivity index (χ2v) is 7.22. The van der Waals surface area contributed by atoms with E-state index in [1.54, 1.807) is 37.3 Å². The lowest BCUT2D eigenvalue weighted by atomic mass is 10.2. The summed E-state index contributed by atoms with van der Waals surface area (Å²) in [5, 5.41) is 0. The first kappa shape index (κ1) is 18.9. The van der Waals surface area contributed by atoms with Gasteiger partial charge in [0.15, 0.2) is 11.6 Å². The molecule has 0 fully saturated rings. The Morgan fingerprint density at radius 1 is 1.00 bits per heavy atom. The summed E-state index contributed by atoms with van der Waals surface area (Å²) in [5.74, 6) is -2.70. The Labute approximate surface area is 145 Å². The van der Waals surface area contributed by atoms with Gasteiger partial charge in [-0.25, -0.2) is 17.2 Å². The molecule has 0 bridgehead atoms. The van der Waals surface area contributed by atoms with Crippen molar-refractivity contribution in [3.8, 4) is 0 Å². The number of likely N-dealkylation sites (N-methyl/N-ethyl adjacent to an activating group) is 1. The second-order valence-electron chi connectivity index (χ2n) is 5.31. The minimum atomic E-state index is -4.08. The molecular formula is C17H18F2N2O3S. The van der Waals surface area contributed by atoms with Crippen LogP contribution in [0.3, 0.4) is 0 Å². The van der Waals surface area contributed by atoms with Gasteiger partial charge in [0.25, 0.3) is 0 Å². The third-order valence-corrected chi connectivity index (χ3v) is 4.66. The van der Waals surface area contributed by atoms with Crippen LogP contribution in [-0.4, -0.2) is 33.7 Å². The number of carbonyl (C=O) groups is 1. The Hall–Kier alpha value is -2.48. The average Bonchev–Trinajstić information content (AvgIpc) is 2.54. The van der Waals surface area contributed by atoms with Crippen molar-refractivity contribution in [2.24, 2.45) is 0 Å². The molecule has 25 heavy (non-hydrogen) atoms. The number of rotatable bonds is 6. The molecule has 2 aromatic carbocycles. The molecule has 8 heteroatoms. The number of halogens is 2. The highest BCUT2D eigenvalue weighted by atomic mass is 32.2. The maximum absolute atomic E-state index is 14.0. The van der Waals surface area contributed by atoms with Crippen LogP contribution in [0.2, 0.25) is 0 Å². The SMILES string of the molecule is CCN(C(=O)CN(c1c(F)cccc1F)S(C)(=O)=O)c1ccccc1. The molecule has 0 unspecified atom stereocenters. The molecular weight excluding hydrogens is 350 g/mol. The van der Waals surface area contributed by atoms with E-state index in [1.807, 2.05) is 0 Å². The van der Waals surface area contributed by atoms with Crippen molar-refractivity contribution >= 4 is 27.3 Å². The van der Waals surface area contributed by atoms with Crippen LogP contribution >= 0.6 is 0 Å². The predicted molar refractivity (Wildman–Crippen MR) is 93.0 cm³/mol. The van der Waals surface area contributed by atoms with Gasteiger partial charge in [-0.2, -0.15) is 0 Å². The summed E-state index contributed by atoms with van der Waals surface area (Å²) in [6, 6.07) is 11.6. The molecule has 134 valence electrons. The number of nitrogens with zero attached hydrogens (tertiary/aromatic N) is 2. The van der Waals surface area contributed by atoms with Gasteiger partial charge in [-0.3, -0.25) is 9.10 Å². The zero-order chi connectivity index (χ0) is 18.6. The van der Waals surface area contributed by atoms with Crippen LogP contribution in [-0.2, 0) is 14.8 Å². The summed E-state index contributed by atoms with van der Waals surface area (Å²) >= 11 is 0. The van der Waals surface area contributed by atoms with E-state index in [9.17, 15) is 22.0 Å². The van der Waals surface area contributed by atoms with Crippen LogP contribution in [0.15, 0.2) is 48.5 Å². The van der Waals surface area contributed by atoms with Gasteiger partial charge in [-0.1, -0.05) is 24.3 Å². The first-order valence-electron chi connectivity index (χ1n) is 7.52. The zero-order valence-electron chi connectivity index (χ0n) is 13.8. The third-order valence-electron chi connectivity index (χ3n) is 3.55. The van der Waals surface area contributed by atoms with Crippen molar-refractivity contribution in [3.63, 3.8) is 0 Å². The van der Waals surface area contributed by atoms with Gasteiger partial charge >= 0.3 is 0 Å². The smallest absolute Gasteiger partial charge is 0.247 e. The lowest BCUT2D eigenvalue weighted by Gasteiger charge is -2.27. The highest BCUT2D eigenvalue weighted by Crippen LogP contribution is 2.26. The molecule has 0 spiro atoms. The topological polar surface area (TPSA) is 57.7 Å². The van der Waals surface area contributed by atoms with Crippen LogP contribution < -0.4 is 9.21 Å². The maximum atomic E-state index is 14.0. The second kappa shape index (κ2) is 7.60. The quantitative estimate of drug-likeness (QED) is 0.788. The lowest BCUT2D eigenvalue weighted by Crippen LogP contribution is -2.43. The molecule has 0 aliphatic rings. The zero-order valence-corrected chi connectivity index (χ0v) is 14.6. The van der Waals surface area contributed by atoms with Crippen molar-refractivity contribution in [1.82, 2.24) is 0 Å². The van der Waals surface area contributed by atoms with E-state index in [-0.39, 0.29) is 6.54 Å². The average molecular weight is 368 g/mol. The molecule has 0 aliphatic carbocycles. The Balaban J connectivity index is 2.40. The van der Waals surface area contributed by atoms with Crippen molar-refractivity contribution < 1.29 is 22.0 Å². The Kier molecular flexibility index (Phi) is 5.73. The van der Waals surface area contributed by atoms with Crippen LogP contribution in [0.1, 0.15) is 6.92 Å². The summed E-state index contributed by atoms with van der Waals surface area (Å²) in [4.78, 5) is 13.9. The highest BCUT2D eigenvalue weighted by molar-refractivity contribution is 7.92. The fourth-order valence-corrected chi connectivity index (χ4v) is 3.26. The largest absolute Gasteiger partial charge is 0.311 e. The van der Waals surface area contributed by atoms with Crippen molar-refractivity contribution in [2.75, 3.05) is 28.6 Å². The molecule has 2 rings (SSSR count). The molecule has 0 atom stereocenters. The van der Waals surface area contributed by atoms with Gasteiger partial charge in [0.2, 0.25) is 15.9 Å². The monoisotopic (exact) mass is 368 g/mol. The van der Waals surface area contributed by atoms with Crippen molar-refractivity contribution in [2.45, 2.75) is 6.92 Å². The van der Waals surface area contributed by atoms with E-state index in [0.717, 1.165) is 24.5 Å². The predicted octanol–water partition coefficient (Wildman–Crippen LogP) is 2.78. The number of anilines is 2. The van der Waals surface area contributed by atoms with Gasteiger partial charge in [-0.15, -0.1) is 0 Å². The summed E-state index contributed by atoms with van der Waals surface area (Å²) < 4.78 is 52.6. The van der Waals surface area contributed by atoms with Gasteiger partial charge < -0.3 is 4.90 Å². The number of carbonyl (C=O) groups excluding carboxylic acids is 1. The van der Waals surface area contributed by atoms with E-state index in [1.165, 1.54) is 4.90 Å². The van der Waals surface area contributed by atoms with Crippen LogP contribution in [0.25, 0.3) is 0 Å². The molecule has 0 aliphatic heterocycles. The maximum Gasteiger partial charge on any atom is 0.247 e. The van der Waals surface area contributed by atoms with Gasteiger partial charge in [0.1, 0.15) is 12.2 Å². The van der Waals surface area contributed by atoms with E-state index in [0.29, 0.717) is 9.99 Å². The summed E-state index contributed by atoms with van der Waals surface area (Å²) in [7, 11) is -4.08. The number of hydrogen-bond acceptors (Lipinski definition) is 3. The minimum Gasteiger partial charge on any atom is -0.311 e. The van der Waals surface area contributed by atoms with E-state index in [2.05, 4.69) is 0 Å². The Morgan fingerprint density at radius 2 is 1.56 bits per heavy atom. The summed E-state index contributed by atoms with van der Waals surface area (Å²) in [6.07, 6.45) is 0.797. The van der Waals surface area contributed by atoms with Crippen LogP contribution in [0, 0.1) is 11.6 Å². The van der Waals surface area contributed by atoms with Gasteiger partial charge in [0, 0.05) is 12.2 Å². The number of amides is 1. The molecule has 0 saturated carbocycles. The fourth-order valence-electron chi connectivity index (χ4n) is 2.41. The number of para-hydroxylation sites is 2. The molecule has 1 amide bonds. The van der Waals surface area contributed by atoms with Crippen LogP contribution in [0.5, 0.6) is 0 Å². The van der Waals surface area contributed by atoms with E-state index >= 15 is 0 Å². The first-order chi connectivity index (χ1) is 11.8. The standard InChI is InChI=1S/C17H18F2N2O3S/c1-3-20(13-8-5-4-6-9-13)16(22)12-21(25(2,23)24)17-14(18)10-7-11-15(17)19/h4-11H,3,12H2,1-2H3. The highest BCUT2D eigenvalue weighted by Gasteiger charge is 2.28. The first-order valence-corrected chi connectivity index (χ1v) is 9.37. The fraction of sp³-hybridized carbons (Fsp3) is 0.235. The molecule has 0 saturated heterocycles. The van der Waals surface area contributed by atoms with Gasteiger partial charge in [0.05, 0.1) is 6.26 Å². The molecule has 0 radical (unpaired) electrons. The molecule has 0 heterocycles. The number of hydrogen-bond donors (Lipinski definition) is 0. The minimum absolute atomic E-state index is 0.278. The Morgan fingerprint density at radius 3 is 2.04 bits per heavy atom. The normalized spacial score (nSPS) is 11.2. The molecule has 0 aromatic heterocycles. The number of benzene rings is 2. The lowest BCUT2D eigenvalue weighted by molar-refractivity contribution is -0.117. The molecule has 0 N–H and O–H groups in total. The summed E-state index contributed by atoms with van der Waals surface area (Å²) in [5.41, 5.74) is -0.195. The summed E-state index contributed by atoms with van der Waals surface area (Å²) in [6.45, 7) is 1.29. The third kappa shape index (κ3) is 4.33. The van der Waals surface area contributed by atoms with Crippen LogP contribution in [0.4, 0.5) is 20.2 Å². The van der Waals surface area contributed by atoms with Crippen molar-refractivity contribution in [1.29, 1.82) is 0 Å². The van der Waals surface area contributed by atoms with Gasteiger partial charge in [-0.05, 0) is 31.2 Å². The molecule has 2 aromatic rings. The Bertz CT molecular complexity index is 837. The number of sulfonamides is 1. The van der Waals surface area contributed by atoms with E-state index in [4.69, 9.17) is 0 Å². The molecule has 5 nitrogen and oxygen atoms in total. The van der Waals surface area contributed by atoms with Crippen molar-refractivity contribution in [3.05, 3.63) is 60.2 Å². The van der Waals surface area contributed by atoms with E-state index < -0.39 is 39.8 Å².